The second-order valence-electron chi connectivity index (χ2n) is 4.72. The molecule has 0 aliphatic carbocycles. The lowest BCUT2D eigenvalue weighted by molar-refractivity contribution is 0.328. The van der Waals surface area contributed by atoms with Gasteiger partial charge in [-0.2, -0.15) is 4.98 Å². The first-order valence-corrected chi connectivity index (χ1v) is 6.83. The number of hydrogen-bond donors (Lipinski definition) is 2. The molecule has 22 heavy (non-hydrogen) atoms. The van der Waals surface area contributed by atoms with E-state index >= 15 is 0 Å². The Labute approximate surface area is 128 Å². The van der Waals surface area contributed by atoms with Crippen molar-refractivity contribution in [2.75, 3.05) is 18.1 Å². The molecule has 3 aromatic rings. The fourth-order valence-electron chi connectivity index (χ4n) is 2.24. The van der Waals surface area contributed by atoms with Crippen LogP contribution in [-0.2, 0) is 0 Å². The lowest BCUT2D eigenvalue weighted by atomic mass is 10.2. The highest BCUT2D eigenvalue weighted by Crippen LogP contribution is 2.23. The molecule has 0 unspecified atom stereocenters. The van der Waals surface area contributed by atoms with Crippen LogP contribution < -0.4 is 21.8 Å². The van der Waals surface area contributed by atoms with Crippen LogP contribution in [0.4, 0.5) is 11.4 Å². The molecule has 0 saturated heterocycles. The third-order valence-corrected chi connectivity index (χ3v) is 3.24. The molecule has 0 saturated carbocycles. The molecule has 0 aliphatic heterocycles. The van der Waals surface area contributed by atoms with E-state index in [1.165, 1.54) is 4.57 Å². The monoisotopic (exact) mass is 297 g/mol. The zero-order chi connectivity index (χ0) is 16.6. The van der Waals surface area contributed by atoms with Crippen molar-refractivity contribution in [1.29, 1.82) is 0 Å². The van der Waals surface area contributed by atoms with Gasteiger partial charge < -0.3 is 16.2 Å². The molecule has 1 aromatic carbocycles. The molecule has 4 N–H and O–H groups in total. The maximum absolute atomic E-state index is 12.5. The summed E-state index contributed by atoms with van der Waals surface area (Å²) in [5, 5.41) is 0.523. The standard InChI is InChI=1S/C16H16N4O2/c1-2-22-14-8-7-12-13(18)9-15(21)20(16(12)19-14)11-5-3-10(17)4-6-11/h3-9H,2,17-18H2,1H3/i9D. The average Bonchev–Trinajstić information content (AvgIpc) is 2.55. The first kappa shape index (κ1) is 12.7. The number of aromatic nitrogens is 2. The first-order chi connectivity index (χ1) is 11.0. The van der Waals surface area contributed by atoms with Crippen LogP contribution in [0.2, 0.25) is 0 Å². The summed E-state index contributed by atoms with van der Waals surface area (Å²) in [6, 6.07) is 9.86. The van der Waals surface area contributed by atoms with Crippen molar-refractivity contribution in [2.24, 2.45) is 0 Å². The van der Waals surface area contributed by atoms with Gasteiger partial charge in [0, 0.05) is 28.9 Å². The smallest absolute Gasteiger partial charge is 0.258 e. The highest BCUT2D eigenvalue weighted by Gasteiger charge is 2.11. The summed E-state index contributed by atoms with van der Waals surface area (Å²) in [4.78, 5) is 16.9. The van der Waals surface area contributed by atoms with Gasteiger partial charge in [0.15, 0.2) is 5.65 Å². The third kappa shape index (κ3) is 2.35. The summed E-state index contributed by atoms with van der Waals surface area (Å²) in [7, 11) is 0. The fraction of sp³-hybridized carbons (Fsp3) is 0.125. The first-order valence-electron chi connectivity index (χ1n) is 7.33. The summed E-state index contributed by atoms with van der Waals surface area (Å²) in [6.45, 7) is 2.30. The molecule has 6 heteroatoms. The second-order valence-corrected chi connectivity index (χ2v) is 4.72. The molecule has 3 rings (SSSR count). The van der Waals surface area contributed by atoms with Gasteiger partial charge in [-0.25, -0.2) is 0 Å². The molecule has 0 radical (unpaired) electrons. The van der Waals surface area contributed by atoms with Crippen molar-refractivity contribution in [1.82, 2.24) is 9.55 Å². The molecular weight excluding hydrogens is 280 g/mol. The van der Waals surface area contributed by atoms with Crippen LogP contribution in [0.5, 0.6) is 5.88 Å². The van der Waals surface area contributed by atoms with Crippen molar-refractivity contribution in [2.45, 2.75) is 6.92 Å². The van der Waals surface area contributed by atoms with Crippen molar-refractivity contribution < 1.29 is 6.11 Å². The summed E-state index contributed by atoms with van der Waals surface area (Å²) in [5.74, 6) is 0.390. The van der Waals surface area contributed by atoms with Gasteiger partial charge in [0.2, 0.25) is 5.88 Å². The van der Waals surface area contributed by atoms with Gasteiger partial charge >= 0.3 is 0 Å². The molecule has 0 fully saturated rings. The zero-order valence-electron chi connectivity index (χ0n) is 13.0. The average molecular weight is 297 g/mol. The van der Waals surface area contributed by atoms with E-state index in [9.17, 15) is 4.79 Å². The van der Waals surface area contributed by atoms with Gasteiger partial charge in [0.25, 0.3) is 5.56 Å². The van der Waals surface area contributed by atoms with E-state index in [2.05, 4.69) is 4.98 Å². The molecule has 112 valence electrons. The Kier molecular flexibility index (Phi) is 3.12. The predicted octanol–water partition coefficient (Wildman–Crippen LogP) is 1.95. The van der Waals surface area contributed by atoms with Crippen molar-refractivity contribution >= 4 is 22.4 Å². The number of benzene rings is 1. The molecular formula is C16H16N4O2. The Bertz CT molecular complexity index is 935. The van der Waals surface area contributed by atoms with Crippen LogP contribution in [0, 0.1) is 0 Å². The Morgan fingerprint density at radius 3 is 2.64 bits per heavy atom. The molecule has 0 aliphatic rings. The zero-order valence-corrected chi connectivity index (χ0v) is 12.0. The van der Waals surface area contributed by atoms with Gasteiger partial charge in [-0.1, -0.05) is 0 Å². The number of anilines is 2. The number of rotatable bonds is 3. The SMILES string of the molecule is [2H]c1c(N)c2ccc(OCC)nc2n(-c2ccc(N)cc2)c1=O. The van der Waals surface area contributed by atoms with E-state index in [1.807, 2.05) is 6.92 Å². The lowest BCUT2D eigenvalue weighted by Crippen LogP contribution is -2.20. The summed E-state index contributed by atoms with van der Waals surface area (Å²) in [5.41, 5.74) is 12.7. The number of nitrogens with two attached hydrogens (primary N) is 2. The minimum atomic E-state index is -0.541. The van der Waals surface area contributed by atoms with Crippen molar-refractivity contribution in [3.8, 4) is 11.6 Å². The van der Waals surface area contributed by atoms with Crippen LogP contribution in [-0.4, -0.2) is 16.2 Å². The lowest BCUT2D eigenvalue weighted by Gasteiger charge is -2.12. The molecule has 0 spiro atoms. The maximum Gasteiger partial charge on any atom is 0.258 e. The van der Waals surface area contributed by atoms with Gasteiger partial charge in [0.1, 0.15) is 0 Å². The molecule has 0 amide bonds. The Morgan fingerprint density at radius 2 is 1.95 bits per heavy atom. The Balaban J connectivity index is 2.40. The minimum absolute atomic E-state index is 0.104. The molecule has 2 aromatic heterocycles. The maximum atomic E-state index is 12.5. The van der Waals surface area contributed by atoms with Gasteiger partial charge in [-0.05, 0) is 37.3 Å². The minimum Gasteiger partial charge on any atom is -0.478 e. The normalized spacial score (nSPS) is 11.4. The van der Waals surface area contributed by atoms with E-state index in [0.717, 1.165) is 0 Å². The highest BCUT2D eigenvalue weighted by molar-refractivity contribution is 5.89. The Morgan fingerprint density at radius 1 is 1.23 bits per heavy atom. The van der Waals surface area contributed by atoms with Crippen LogP contribution in [0.15, 0.2) is 47.2 Å². The van der Waals surface area contributed by atoms with Gasteiger partial charge in [0.05, 0.1) is 13.7 Å². The Hall–Kier alpha value is -3.02. The highest BCUT2D eigenvalue weighted by atomic mass is 16.5. The van der Waals surface area contributed by atoms with E-state index in [0.29, 0.717) is 34.9 Å². The summed E-state index contributed by atoms with van der Waals surface area (Å²) in [6.07, 6.45) is 0. The van der Waals surface area contributed by atoms with Gasteiger partial charge in [-0.15, -0.1) is 0 Å². The van der Waals surface area contributed by atoms with Gasteiger partial charge in [-0.3, -0.25) is 9.36 Å². The summed E-state index contributed by atoms with van der Waals surface area (Å²) >= 11 is 0. The number of hydrogen-bond acceptors (Lipinski definition) is 5. The topological polar surface area (TPSA) is 96.2 Å². The number of ether oxygens (including phenoxy) is 1. The number of nitrogens with zero attached hydrogens (tertiary/aromatic N) is 2. The number of pyridine rings is 2. The molecule has 2 heterocycles. The second kappa shape index (κ2) is 5.40. The number of fused-ring (bicyclic) bond motifs is 1. The molecule has 0 atom stereocenters. The van der Waals surface area contributed by atoms with E-state index in [1.54, 1.807) is 36.4 Å². The van der Waals surface area contributed by atoms with Crippen LogP contribution in [0.3, 0.4) is 0 Å². The van der Waals surface area contributed by atoms with E-state index < -0.39 is 5.56 Å². The van der Waals surface area contributed by atoms with Crippen molar-refractivity contribution in [3.63, 3.8) is 0 Å². The van der Waals surface area contributed by atoms with E-state index in [-0.39, 0.29) is 11.7 Å². The quantitative estimate of drug-likeness (QED) is 0.720. The summed E-state index contributed by atoms with van der Waals surface area (Å²) < 4.78 is 14.7. The molecule has 0 bridgehead atoms. The molecule has 6 nitrogen and oxygen atoms in total. The van der Waals surface area contributed by atoms with E-state index in [4.69, 9.17) is 17.6 Å². The van der Waals surface area contributed by atoms with Crippen molar-refractivity contribution in [3.05, 3.63) is 52.8 Å². The largest absolute Gasteiger partial charge is 0.478 e. The van der Waals surface area contributed by atoms with Crippen LogP contribution in [0.1, 0.15) is 8.29 Å². The number of nitrogen functional groups attached to an aromatic ring is 2. The van der Waals surface area contributed by atoms with Crippen LogP contribution in [0.25, 0.3) is 16.7 Å². The van der Waals surface area contributed by atoms with Crippen LogP contribution >= 0.6 is 0 Å². The fourth-order valence-corrected chi connectivity index (χ4v) is 2.24. The third-order valence-electron chi connectivity index (χ3n) is 3.24. The predicted molar refractivity (Wildman–Crippen MR) is 87.3 cm³/mol.